The molecule has 0 unspecified atom stereocenters. The van der Waals surface area contributed by atoms with Crippen LogP contribution in [0.5, 0.6) is 5.75 Å². The summed E-state index contributed by atoms with van der Waals surface area (Å²) in [6.45, 7) is 8.09. The number of pyridine rings is 1. The molecule has 266 valence electrons. The molecule has 1 aliphatic heterocycles. The monoisotopic (exact) mass is 693 g/mol. The molecule has 0 aliphatic carbocycles. The van der Waals surface area contributed by atoms with E-state index in [1.807, 2.05) is 29.5 Å². The van der Waals surface area contributed by atoms with Gasteiger partial charge in [0.05, 0.1) is 12.1 Å². The van der Waals surface area contributed by atoms with E-state index in [9.17, 15) is 9.59 Å². The van der Waals surface area contributed by atoms with Crippen molar-refractivity contribution in [3.8, 4) is 5.75 Å². The van der Waals surface area contributed by atoms with E-state index < -0.39 is 0 Å². The molecule has 2 aromatic heterocycles. The number of anilines is 1. The topological polar surface area (TPSA) is 54.8 Å². The molecule has 1 saturated heterocycles. The first kappa shape index (κ1) is 37.3. The molecule has 1 fully saturated rings. The maximum atomic E-state index is 13.2. The average molecular weight is 694 g/mol. The van der Waals surface area contributed by atoms with Crippen molar-refractivity contribution >= 4 is 43.9 Å². The van der Waals surface area contributed by atoms with Crippen LogP contribution in [0.2, 0.25) is 0 Å². The predicted octanol–water partition coefficient (Wildman–Crippen LogP) is 10.4. The molecule has 0 saturated carbocycles. The van der Waals surface area contributed by atoms with Gasteiger partial charge in [0, 0.05) is 60.5 Å². The van der Waals surface area contributed by atoms with Crippen LogP contribution >= 0.6 is 11.3 Å². The van der Waals surface area contributed by atoms with Crippen LogP contribution in [0.4, 0.5) is 5.69 Å². The fraction of sp³-hybridized carbons (Fsp3) is 0.442. The van der Waals surface area contributed by atoms with Crippen molar-refractivity contribution in [3.05, 3.63) is 107 Å². The third kappa shape index (κ3) is 11.3. The van der Waals surface area contributed by atoms with E-state index in [1.165, 1.54) is 32.8 Å². The number of thiophene rings is 1. The summed E-state index contributed by atoms with van der Waals surface area (Å²) in [7, 11) is 0. The number of rotatable bonds is 20. The standard InChI is InChI=1S/C43H55N3O3S/c1-2-3-4-5-6-7-8-9-10-11-12-13-14-15-16-22-42(47)46-40-35-37(25-23-36(40)24-26-43(46)48)49-33-18-17-28-44-29-31-45(32-30-44)39-20-19-21-41-38(39)27-34-50-41/h3-4,6-7,9-10,19-21,23-27,34-35H,2,5,8,11-18,22,28-33H2,1H3. The number of aromatic nitrogens is 1. The van der Waals surface area contributed by atoms with Crippen molar-refractivity contribution in [2.24, 2.45) is 0 Å². The summed E-state index contributed by atoms with van der Waals surface area (Å²) in [5.74, 6) is 0.570. The highest BCUT2D eigenvalue weighted by Crippen LogP contribution is 2.31. The summed E-state index contributed by atoms with van der Waals surface area (Å²) in [6, 6.07) is 17.9. The van der Waals surface area contributed by atoms with Crippen LogP contribution in [0.3, 0.4) is 0 Å². The third-order valence-corrected chi connectivity index (χ3v) is 10.4. The van der Waals surface area contributed by atoms with Gasteiger partial charge in [-0.3, -0.25) is 14.5 Å². The first-order chi connectivity index (χ1) is 24.6. The van der Waals surface area contributed by atoms with Gasteiger partial charge in [-0.15, -0.1) is 11.3 Å². The summed E-state index contributed by atoms with van der Waals surface area (Å²) in [5, 5.41) is 4.42. The summed E-state index contributed by atoms with van der Waals surface area (Å²) in [4.78, 5) is 31.1. The van der Waals surface area contributed by atoms with E-state index in [2.05, 4.69) is 82.8 Å². The minimum Gasteiger partial charge on any atom is -0.494 e. The molecular weight excluding hydrogens is 639 g/mol. The Balaban J connectivity index is 0.977. The zero-order valence-corrected chi connectivity index (χ0v) is 30.8. The number of unbranched alkanes of at least 4 members (excludes halogenated alkanes) is 6. The van der Waals surface area contributed by atoms with Crippen LogP contribution in [-0.2, 0) is 0 Å². The molecule has 6 nitrogen and oxygen atoms in total. The van der Waals surface area contributed by atoms with E-state index in [0.717, 1.165) is 102 Å². The van der Waals surface area contributed by atoms with Gasteiger partial charge >= 0.3 is 0 Å². The van der Waals surface area contributed by atoms with Gasteiger partial charge in [0.15, 0.2) is 0 Å². The van der Waals surface area contributed by atoms with Gasteiger partial charge < -0.3 is 9.64 Å². The third-order valence-electron chi connectivity index (χ3n) is 9.48. The number of benzene rings is 2. The second-order valence-electron chi connectivity index (χ2n) is 13.2. The largest absolute Gasteiger partial charge is 0.494 e. The predicted molar refractivity (Wildman–Crippen MR) is 213 cm³/mol. The summed E-state index contributed by atoms with van der Waals surface area (Å²) in [6.07, 6.45) is 25.2. The van der Waals surface area contributed by atoms with Crippen LogP contribution in [-0.4, -0.2) is 54.7 Å². The van der Waals surface area contributed by atoms with Gasteiger partial charge in [0.2, 0.25) is 5.91 Å². The van der Waals surface area contributed by atoms with E-state index in [1.54, 1.807) is 6.07 Å². The van der Waals surface area contributed by atoms with Crippen LogP contribution in [0, 0.1) is 0 Å². The fourth-order valence-electron chi connectivity index (χ4n) is 6.66. The lowest BCUT2D eigenvalue weighted by Crippen LogP contribution is -2.46. The van der Waals surface area contributed by atoms with E-state index in [0.29, 0.717) is 24.3 Å². The van der Waals surface area contributed by atoms with Gasteiger partial charge in [-0.25, -0.2) is 4.57 Å². The molecule has 0 N–H and O–H groups in total. The minimum absolute atomic E-state index is 0.133. The van der Waals surface area contributed by atoms with Crippen LogP contribution in [0.25, 0.3) is 21.0 Å². The fourth-order valence-corrected chi connectivity index (χ4v) is 7.47. The Morgan fingerprint density at radius 2 is 1.56 bits per heavy atom. The maximum Gasteiger partial charge on any atom is 0.257 e. The number of fused-ring (bicyclic) bond motifs is 2. The van der Waals surface area contributed by atoms with Crippen molar-refractivity contribution in [3.63, 3.8) is 0 Å². The number of carbonyl (C=O) groups excluding carboxylic acids is 1. The van der Waals surface area contributed by atoms with Crippen molar-refractivity contribution in [1.82, 2.24) is 9.47 Å². The van der Waals surface area contributed by atoms with E-state index in [-0.39, 0.29) is 11.5 Å². The average Bonchev–Trinajstić information content (AvgIpc) is 3.63. The highest BCUT2D eigenvalue weighted by molar-refractivity contribution is 7.17. The molecule has 1 aliphatic rings. The Labute approximate surface area is 302 Å². The first-order valence-corrected chi connectivity index (χ1v) is 19.7. The maximum absolute atomic E-state index is 13.2. The molecule has 2 aromatic carbocycles. The molecule has 0 bridgehead atoms. The highest BCUT2D eigenvalue weighted by atomic mass is 32.1. The molecule has 3 heterocycles. The molecule has 7 heteroatoms. The zero-order chi connectivity index (χ0) is 34.8. The van der Waals surface area contributed by atoms with E-state index in [4.69, 9.17) is 4.74 Å². The van der Waals surface area contributed by atoms with Gasteiger partial charge in [0.1, 0.15) is 5.75 Å². The molecule has 0 atom stereocenters. The lowest BCUT2D eigenvalue weighted by Gasteiger charge is -2.36. The number of ether oxygens (including phenoxy) is 1. The van der Waals surface area contributed by atoms with Gasteiger partial charge in [-0.2, -0.15) is 0 Å². The number of hydrogen-bond acceptors (Lipinski definition) is 6. The normalized spacial score (nSPS) is 14.3. The van der Waals surface area contributed by atoms with Crippen LogP contribution in [0.1, 0.15) is 88.8 Å². The Kier molecular flexibility index (Phi) is 15.4. The Morgan fingerprint density at radius 1 is 0.800 bits per heavy atom. The highest BCUT2D eigenvalue weighted by Gasteiger charge is 2.18. The SMILES string of the molecule is CCC=CCC=CCC=CCCCCCCCC(=O)n1c(=O)ccc2ccc(OCCCCN3CCN(c4cccc5sccc45)CC3)cc21. The second kappa shape index (κ2) is 20.7. The molecule has 0 radical (unpaired) electrons. The molecule has 0 spiro atoms. The van der Waals surface area contributed by atoms with Crippen molar-refractivity contribution < 1.29 is 9.53 Å². The van der Waals surface area contributed by atoms with Crippen molar-refractivity contribution in [2.45, 2.75) is 84.0 Å². The molecule has 5 rings (SSSR count). The van der Waals surface area contributed by atoms with Gasteiger partial charge in [-0.1, -0.05) is 68.7 Å². The van der Waals surface area contributed by atoms with Crippen LogP contribution in [0.15, 0.2) is 101 Å². The Hall–Kier alpha value is -3.94. The lowest BCUT2D eigenvalue weighted by molar-refractivity contribution is 0.0900. The second-order valence-corrected chi connectivity index (χ2v) is 14.2. The van der Waals surface area contributed by atoms with Crippen molar-refractivity contribution in [2.75, 3.05) is 44.2 Å². The Bertz CT molecular complexity index is 1780. The molecule has 0 amide bonds. The number of piperazine rings is 1. The summed E-state index contributed by atoms with van der Waals surface area (Å²) in [5.41, 5.74) is 1.72. The molecular formula is C43H55N3O3S. The number of nitrogens with zero attached hydrogens (tertiary/aromatic N) is 3. The quantitative estimate of drug-likeness (QED) is 0.0681. The number of hydrogen-bond donors (Lipinski definition) is 0. The van der Waals surface area contributed by atoms with E-state index >= 15 is 0 Å². The number of allylic oxidation sites excluding steroid dienone is 6. The lowest BCUT2D eigenvalue weighted by atomic mass is 10.1. The minimum atomic E-state index is -0.272. The van der Waals surface area contributed by atoms with Gasteiger partial charge in [0.25, 0.3) is 5.56 Å². The molecule has 50 heavy (non-hydrogen) atoms. The molecule has 4 aromatic rings. The number of carbonyl (C=O) groups is 1. The smallest absolute Gasteiger partial charge is 0.257 e. The summed E-state index contributed by atoms with van der Waals surface area (Å²) >= 11 is 1.81. The van der Waals surface area contributed by atoms with Crippen molar-refractivity contribution in [1.29, 1.82) is 0 Å². The van der Waals surface area contributed by atoms with Crippen LogP contribution < -0.4 is 15.2 Å². The zero-order valence-electron chi connectivity index (χ0n) is 29.9. The summed E-state index contributed by atoms with van der Waals surface area (Å²) < 4.78 is 8.82. The first-order valence-electron chi connectivity index (χ1n) is 18.8. The van der Waals surface area contributed by atoms with Gasteiger partial charge in [-0.05, 0) is 105 Å². The Morgan fingerprint density at radius 3 is 2.40 bits per heavy atom.